The van der Waals surface area contributed by atoms with Gasteiger partial charge in [-0.3, -0.25) is 0 Å². The number of carbonyl (C=O) groups excluding carboxylic acids is 1. The summed E-state index contributed by atoms with van der Waals surface area (Å²) in [4.78, 5) is 12.0. The summed E-state index contributed by atoms with van der Waals surface area (Å²) < 4.78 is 0. The van der Waals surface area contributed by atoms with Crippen molar-refractivity contribution in [3.63, 3.8) is 0 Å². The minimum Gasteiger partial charge on any atom is -0.390 e. The maximum Gasteiger partial charge on any atom is 0.315 e. The Labute approximate surface area is 125 Å². The van der Waals surface area contributed by atoms with Crippen molar-refractivity contribution in [2.24, 2.45) is 0 Å². The molecule has 2 atom stereocenters. The predicted octanol–water partition coefficient (Wildman–Crippen LogP) is 2.44. The van der Waals surface area contributed by atoms with Crippen molar-refractivity contribution in [2.45, 2.75) is 44.2 Å². The van der Waals surface area contributed by atoms with Crippen molar-refractivity contribution in [3.8, 4) is 0 Å². The molecule has 112 valence electrons. The minimum atomic E-state index is -0.536. The molecule has 0 aliphatic heterocycles. The van der Waals surface area contributed by atoms with Crippen LogP contribution in [0.2, 0.25) is 0 Å². The van der Waals surface area contributed by atoms with Crippen LogP contribution in [0.5, 0.6) is 0 Å². The highest BCUT2D eigenvalue weighted by Gasteiger charge is 2.31. The maximum atomic E-state index is 12.0. The number of amides is 2. The van der Waals surface area contributed by atoms with Gasteiger partial charge in [0, 0.05) is 13.0 Å². The summed E-state index contributed by atoms with van der Waals surface area (Å²) in [7, 11) is 0. The Morgan fingerprint density at radius 1 is 1.33 bits per heavy atom. The first-order valence-electron chi connectivity index (χ1n) is 7.72. The molecule has 4 heteroatoms. The average Bonchev–Trinajstić information content (AvgIpc) is 3.08. The summed E-state index contributed by atoms with van der Waals surface area (Å²) >= 11 is 0. The standard InChI is InChI=1S/C17H22N2O2/c20-15-11-13-7-3-4-8-14(13)16(15)19-17(21)18-10-9-12-5-1-2-6-12/h3-5,7-8,15-16,20H,1-2,6,9-11H2,(H2,18,19,21). The number of aliphatic hydroxyl groups excluding tert-OH is 1. The van der Waals surface area contributed by atoms with E-state index in [0.29, 0.717) is 13.0 Å². The van der Waals surface area contributed by atoms with Gasteiger partial charge >= 0.3 is 6.03 Å². The molecule has 21 heavy (non-hydrogen) atoms. The van der Waals surface area contributed by atoms with Crippen LogP contribution in [-0.4, -0.2) is 23.8 Å². The quantitative estimate of drug-likeness (QED) is 0.745. The number of rotatable bonds is 4. The number of benzene rings is 1. The predicted molar refractivity (Wildman–Crippen MR) is 82.0 cm³/mol. The Balaban J connectivity index is 1.50. The number of fused-ring (bicyclic) bond motifs is 1. The lowest BCUT2D eigenvalue weighted by Crippen LogP contribution is -2.41. The number of aliphatic hydroxyl groups is 1. The van der Waals surface area contributed by atoms with Gasteiger partial charge in [-0.05, 0) is 36.8 Å². The molecule has 0 radical (unpaired) electrons. The first-order valence-corrected chi connectivity index (χ1v) is 7.72. The van der Waals surface area contributed by atoms with E-state index in [-0.39, 0.29) is 12.1 Å². The molecule has 0 saturated heterocycles. The topological polar surface area (TPSA) is 61.4 Å². The number of hydrogen-bond donors (Lipinski definition) is 3. The van der Waals surface area contributed by atoms with Crippen LogP contribution in [0.1, 0.15) is 42.9 Å². The Bertz CT molecular complexity index is 553. The van der Waals surface area contributed by atoms with Gasteiger partial charge in [0.2, 0.25) is 0 Å². The molecule has 3 rings (SSSR count). The van der Waals surface area contributed by atoms with Gasteiger partial charge in [0.25, 0.3) is 0 Å². The highest BCUT2D eigenvalue weighted by molar-refractivity contribution is 5.74. The zero-order valence-electron chi connectivity index (χ0n) is 12.1. The molecule has 0 fully saturated rings. The van der Waals surface area contributed by atoms with E-state index in [0.717, 1.165) is 24.0 Å². The fraction of sp³-hybridized carbons (Fsp3) is 0.471. The second-order valence-electron chi connectivity index (χ2n) is 5.85. The molecule has 4 nitrogen and oxygen atoms in total. The van der Waals surface area contributed by atoms with E-state index in [2.05, 4.69) is 16.7 Å². The molecule has 1 aromatic carbocycles. The van der Waals surface area contributed by atoms with Gasteiger partial charge in [0.15, 0.2) is 0 Å². The Kier molecular flexibility index (Phi) is 4.25. The molecular weight excluding hydrogens is 264 g/mol. The van der Waals surface area contributed by atoms with Crippen molar-refractivity contribution in [3.05, 3.63) is 47.0 Å². The van der Waals surface area contributed by atoms with Crippen LogP contribution in [0.3, 0.4) is 0 Å². The summed E-state index contributed by atoms with van der Waals surface area (Å²) in [6.45, 7) is 0.655. The van der Waals surface area contributed by atoms with Crippen LogP contribution < -0.4 is 10.6 Å². The molecule has 2 unspecified atom stereocenters. The van der Waals surface area contributed by atoms with Gasteiger partial charge in [0.05, 0.1) is 12.1 Å². The molecular formula is C17H22N2O2. The van der Waals surface area contributed by atoms with Gasteiger partial charge in [0.1, 0.15) is 0 Å². The van der Waals surface area contributed by atoms with E-state index in [1.807, 2.05) is 24.3 Å². The number of nitrogens with one attached hydrogen (secondary N) is 2. The molecule has 1 aromatic rings. The molecule has 0 bridgehead atoms. The van der Waals surface area contributed by atoms with Crippen molar-refractivity contribution in [1.29, 1.82) is 0 Å². The smallest absolute Gasteiger partial charge is 0.315 e. The number of carbonyl (C=O) groups is 1. The third-order valence-corrected chi connectivity index (χ3v) is 4.36. The SMILES string of the molecule is O=C(NCCC1=CCCC1)NC1c2ccccc2CC1O. The van der Waals surface area contributed by atoms with E-state index >= 15 is 0 Å². The van der Waals surface area contributed by atoms with E-state index in [1.54, 1.807) is 0 Å². The fourth-order valence-electron chi connectivity index (χ4n) is 3.24. The second-order valence-corrected chi connectivity index (χ2v) is 5.85. The van der Waals surface area contributed by atoms with Crippen LogP contribution in [0, 0.1) is 0 Å². The van der Waals surface area contributed by atoms with Crippen molar-refractivity contribution in [2.75, 3.05) is 6.54 Å². The Morgan fingerprint density at radius 2 is 2.19 bits per heavy atom. The molecule has 2 amide bonds. The van der Waals surface area contributed by atoms with Crippen molar-refractivity contribution < 1.29 is 9.90 Å². The van der Waals surface area contributed by atoms with Gasteiger partial charge in [-0.2, -0.15) is 0 Å². The molecule has 0 spiro atoms. The largest absolute Gasteiger partial charge is 0.390 e. The summed E-state index contributed by atoms with van der Waals surface area (Å²) in [5.74, 6) is 0. The zero-order valence-corrected chi connectivity index (χ0v) is 12.1. The van der Waals surface area contributed by atoms with Crippen LogP contribution >= 0.6 is 0 Å². The third kappa shape index (κ3) is 3.27. The Hall–Kier alpha value is -1.81. The van der Waals surface area contributed by atoms with Gasteiger partial charge < -0.3 is 15.7 Å². The van der Waals surface area contributed by atoms with Gasteiger partial charge in [-0.15, -0.1) is 0 Å². The molecule has 0 saturated carbocycles. The van der Waals surface area contributed by atoms with E-state index < -0.39 is 6.10 Å². The molecule has 3 N–H and O–H groups in total. The molecule has 2 aliphatic carbocycles. The van der Waals surface area contributed by atoms with Crippen LogP contribution in [0.25, 0.3) is 0 Å². The van der Waals surface area contributed by atoms with E-state index in [1.165, 1.54) is 18.4 Å². The first-order chi connectivity index (χ1) is 10.2. The lowest BCUT2D eigenvalue weighted by atomic mass is 10.1. The van der Waals surface area contributed by atoms with Gasteiger partial charge in [-0.1, -0.05) is 35.9 Å². The third-order valence-electron chi connectivity index (χ3n) is 4.36. The van der Waals surface area contributed by atoms with Gasteiger partial charge in [-0.25, -0.2) is 4.79 Å². The lowest BCUT2D eigenvalue weighted by molar-refractivity contribution is 0.142. The van der Waals surface area contributed by atoms with Crippen LogP contribution in [0.4, 0.5) is 4.79 Å². The number of urea groups is 1. The first kappa shape index (κ1) is 14.1. The monoisotopic (exact) mass is 286 g/mol. The molecule has 0 aromatic heterocycles. The Morgan fingerprint density at radius 3 is 3.00 bits per heavy atom. The van der Waals surface area contributed by atoms with Crippen LogP contribution in [0.15, 0.2) is 35.9 Å². The minimum absolute atomic E-state index is 0.200. The van der Waals surface area contributed by atoms with Crippen molar-refractivity contribution in [1.82, 2.24) is 10.6 Å². The zero-order chi connectivity index (χ0) is 14.7. The normalized spacial score (nSPS) is 23.6. The van der Waals surface area contributed by atoms with Crippen molar-refractivity contribution >= 4 is 6.03 Å². The lowest BCUT2D eigenvalue weighted by Gasteiger charge is -2.18. The summed E-state index contributed by atoms with van der Waals surface area (Å²) in [5.41, 5.74) is 3.59. The number of allylic oxidation sites excluding steroid dienone is 1. The second kappa shape index (κ2) is 6.31. The van der Waals surface area contributed by atoms with E-state index in [9.17, 15) is 9.90 Å². The number of hydrogen-bond acceptors (Lipinski definition) is 2. The summed E-state index contributed by atoms with van der Waals surface area (Å²) in [5, 5.41) is 15.9. The molecule has 0 heterocycles. The highest BCUT2D eigenvalue weighted by atomic mass is 16.3. The average molecular weight is 286 g/mol. The van der Waals surface area contributed by atoms with E-state index in [4.69, 9.17) is 0 Å². The van der Waals surface area contributed by atoms with Crippen LogP contribution in [-0.2, 0) is 6.42 Å². The maximum absolute atomic E-state index is 12.0. The summed E-state index contributed by atoms with van der Waals surface area (Å²) in [6, 6.07) is 7.38. The summed E-state index contributed by atoms with van der Waals surface area (Å²) in [6.07, 6.45) is 6.85. The highest BCUT2D eigenvalue weighted by Crippen LogP contribution is 2.31. The molecule has 2 aliphatic rings. The fourth-order valence-corrected chi connectivity index (χ4v) is 3.24.